The van der Waals surface area contributed by atoms with Crippen LogP contribution in [0.3, 0.4) is 0 Å². The molecule has 2 atom stereocenters. The Morgan fingerprint density at radius 1 is 1.77 bits per heavy atom. The summed E-state index contributed by atoms with van der Waals surface area (Å²) in [6.07, 6.45) is 1.30. The molecule has 0 aliphatic carbocycles. The number of thioether (sulfide) groups is 1. The van der Waals surface area contributed by atoms with Crippen LogP contribution in [0.2, 0.25) is 0 Å². The minimum atomic E-state index is -0.597. The van der Waals surface area contributed by atoms with Crippen molar-refractivity contribution in [2.75, 3.05) is 5.75 Å². The molecule has 4 nitrogen and oxygen atoms in total. The lowest BCUT2D eigenvalue weighted by Gasteiger charge is -2.36. The molecule has 2 rings (SSSR count). The normalized spacial score (nSPS) is 39.0. The standard InChI is InChI=1S/C8H12N2O2S/c1-5-8(3-2-4-13-5)6(9)10-7(11)12-8/h5H,2-4H2,1H3,(H2,9,10,11). The van der Waals surface area contributed by atoms with Gasteiger partial charge >= 0.3 is 6.09 Å². The molecule has 0 bridgehead atoms. The van der Waals surface area contributed by atoms with E-state index in [1.165, 1.54) is 0 Å². The maximum Gasteiger partial charge on any atom is 0.436 e. The Morgan fingerprint density at radius 3 is 3.08 bits per heavy atom. The van der Waals surface area contributed by atoms with Crippen molar-refractivity contribution in [3.63, 3.8) is 0 Å². The first kappa shape index (κ1) is 8.87. The molecule has 2 unspecified atom stereocenters. The van der Waals surface area contributed by atoms with Gasteiger partial charge in [0.15, 0.2) is 11.4 Å². The van der Waals surface area contributed by atoms with Gasteiger partial charge in [-0.15, -0.1) is 0 Å². The molecule has 13 heavy (non-hydrogen) atoms. The van der Waals surface area contributed by atoms with E-state index in [0.717, 1.165) is 18.6 Å². The first-order valence-corrected chi connectivity index (χ1v) is 5.39. The molecule has 1 spiro atoms. The van der Waals surface area contributed by atoms with Crippen LogP contribution in [0.1, 0.15) is 19.8 Å². The summed E-state index contributed by atoms with van der Waals surface area (Å²) >= 11 is 1.78. The second kappa shape index (κ2) is 2.90. The molecule has 2 aliphatic rings. The first-order valence-electron chi connectivity index (χ1n) is 4.34. The highest BCUT2D eigenvalue weighted by atomic mass is 32.2. The second-order valence-electron chi connectivity index (χ2n) is 3.37. The Labute approximate surface area is 80.9 Å². The molecule has 0 radical (unpaired) electrons. The highest BCUT2D eigenvalue weighted by Crippen LogP contribution is 2.39. The topological polar surface area (TPSA) is 64.7 Å². The monoisotopic (exact) mass is 200 g/mol. The summed E-state index contributed by atoms with van der Waals surface area (Å²) < 4.78 is 5.23. The van der Waals surface area contributed by atoms with Crippen molar-refractivity contribution in [2.24, 2.45) is 10.7 Å². The lowest BCUT2D eigenvalue weighted by atomic mass is 9.93. The molecule has 0 aromatic carbocycles. The Balaban J connectivity index is 2.29. The van der Waals surface area contributed by atoms with Gasteiger partial charge in [-0.25, -0.2) is 4.79 Å². The van der Waals surface area contributed by atoms with Gasteiger partial charge in [-0.2, -0.15) is 16.8 Å². The third kappa shape index (κ3) is 1.22. The van der Waals surface area contributed by atoms with Crippen LogP contribution < -0.4 is 5.73 Å². The fourth-order valence-electron chi connectivity index (χ4n) is 1.83. The largest absolute Gasteiger partial charge is 0.436 e. The predicted octanol–water partition coefficient (Wildman–Crippen LogP) is 1.15. The van der Waals surface area contributed by atoms with Crippen LogP contribution in [-0.2, 0) is 4.74 Å². The van der Waals surface area contributed by atoms with Gasteiger partial charge in [-0.3, -0.25) is 0 Å². The number of aliphatic imine (C=N–C) groups is 1. The van der Waals surface area contributed by atoms with Crippen molar-refractivity contribution in [3.05, 3.63) is 0 Å². The molecule has 2 N–H and O–H groups in total. The molecular formula is C8H12N2O2S. The van der Waals surface area contributed by atoms with E-state index >= 15 is 0 Å². The van der Waals surface area contributed by atoms with Crippen molar-refractivity contribution >= 4 is 23.7 Å². The van der Waals surface area contributed by atoms with Crippen molar-refractivity contribution in [1.29, 1.82) is 0 Å². The smallest absolute Gasteiger partial charge is 0.432 e. The maximum absolute atomic E-state index is 11.0. The van der Waals surface area contributed by atoms with Crippen LogP contribution >= 0.6 is 11.8 Å². The first-order chi connectivity index (χ1) is 6.15. The Bertz CT molecular complexity index is 279. The Morgan fingerprint density at radius 2 is 2.54 bits per heavy atom. The Hall–Kier alpha value is -0.710. The van der Waals surface area contributed by atoms with Crippen LogP contribution in [0.5, 0.6) is 0 Å². The summed E-state index contributed by atoms with van der Waals surface area (Å²) in [7, 11) is 0. The summed E-state index contributed by atoms with van der Waals surface area (Å²) in [4.78, 5) is 14.6. The lowest BCUT2D eigenvalue weighted by Crippen LogP contribution is -2.51. The molecular weight excluding hydrogens is 188 g/mol. The molecule has 2 aliphatic heterocycles. The van der Waals surface area contributed by atoms with Gasteiger partial charge in [0.1, 0.15) is 0 Å². The van der Waals surface area contributed by atoms with Crippen molar-refractivity contribution in [3.8, 4) is 0 Å². The molecule has 2 heterocycles. The maximum atomic E-state index is 11.0. The van der Waals surface area contributed by atoms with E-state index in [9.17, 15) is 4.79 Å². The second-order valence-corrected chi connectivity index (χ2v) is 4.82. The van der Waals surface area contributed by atoms with Gasteiger partial charge in [-0.1, -0.05) is 0 Å². The number of carbonyl (C=O) groups excluding carboxylic acids is 1. The van der Waals surface area contributed by atoms with Gasteiger partial charge in [0.05, 0.1) is 0 Å². The zero-order chi connectivity index (χ0) is 9.47. The summed E-state index contributed by atoms with van der Waals surface area (Å²) in [5, 5.41) is 0.219. The fourth-order valence-corrected chi connectivity index (χ4v) is 3.05. The molecule has 1 amide bonds. The zero-order valence-electron chi connectivity index (χ0n) is 7.45. The number of ether oxygens (including phenoxy) is 1. The van der Waals surface area contributed by atoms with Gasteiger partial charge in [0.2, 0.25) is 0 Å². The molecule has 1 fully saturated rings. The predicted molar refractivity (Wildman–Crippen MR) is 52.0 cm³/mol. The van der Waals surface area contributed by atoms with Crippen molar-refractivity contribution in [2.45, 2.75) is 30.6 Å². The van der Waals surface area contributed by atoms with Crippen LogP contribution in [0, 0.1) is 0 Å². The molecule has 0 aromatic heterocycles. The van der Waals surface area contributed by atoms with E-state index in [4.69, 9.17) is 10.5 Å². The molecule has 1 saturated heterocycles. The summed E-state index contributed by atoms with van der Waals surface area (Å²) in [6, 6.07) is 0. The van der Waals surface area contributed by atoms with Gasteiger partial charge in [0.25, 0.3) is 0 Å². The molecule has 72 valence electrons. The molecule has 0 aromatic rings. The van der Waals surface area contributed by atoms with Crippen LogP contribution in [0.4, 0.5) is 4.79 Å². The average molecular weight is 200 g/mol. The number of hydrogen-bond donors (Lipinski definition) is 1. The zero-order valence-corrected chi connectivity index (χ0v) is 8.26. The molecule has 5 heteroatoms. The van der Waals surface area contributed by atoms with E-state index in [0.29, 0.717) is 5.84 Å². The average Bonchev–Trinajstić information content (AvgIpc) is 2.35. The number of nitrogens with two attached hydrogens (primary N) is 1. The minimum Gasteiger partial charge on any atom is -0.432 e. The molecule has 0 saturated carbocycles. The number of rotatable bonds is 0. The summed E-state index contributed by atoms with van der Waals surface area (Å²) in [5.74, 6) is 1.46. The number of hydrogen-bond acceptors (Lipinski definition) is 4. The van der Waals surface area contributed by atoms with Crippen molar-refractivity contribution < 1.29 is 9.53 Å². The van der Waals surface area contributed by atoms with E-state index in [2.05, 4.69) is 4.99 Å². The fraction of sp³-hybridized carbons (Fsp3) is 0.750. The number of amidine groups is 1. The van der Waals surface area contributed by atoms with Crippen molar-refractivity contribution in [1.82, 2.24) is 0 Å². The number of nitrogens with zero attached hydrogens (tertiary/aromatic N) is 1. The number of carbonyl (C=O) groups is 1. The summed E-state index contributed by atoms with van der Waals surface area (Å²) in [5.41, 5.74) is 5.12. The van der Waals surface area contributed by atoms with E-state index in [-0.39, 0.29) is 5.25 Å². The van der Waals surface area contributed by atoms with E-state index < -0.39 is 11.7 Å². The minimum absolute atomic E-state index is 0.219. The summed E-state index contributed by atoms with van der Waals surface area (Å²) in [6.45, 7) is 2.03. The van der Waals surface area contributed by atoms with Gasteiger partial charge in [0, 0.05) is 5.25 Å². The number of amides is 1. The van der Waals surface area contributed by atoms with Gasteiger partial charge < -0.3 is 10.5 Å². The van der Waals surface area contributed by atoms with Gasteiger partial charge in [-0.05, 0) is 25.5 Å². The highest BCUT2D eigenvalue weighted by Gasteiger charge is 2.49. The lowest BCUT2D eigenvalue weighted by molar-refractivity contribution is 0.0729. The van der Waals surface area contributed by atoms with Crippen LogP contribution in [-0.4, -0.2) is 28.5 Å². The van der Waals surface area contributed by atoms with Crippen LogP contribution in [0.25, 0.3) is 0 Å². The quantitative estimate of drug-likeness (QED) is 0.637. The Kier molecular flexibility index (Phi) is 1.98. The third-order valence-electron chi connectivity index (χ3n) is 2.63. The SMILES string of the molecule is CC1SCCCC12OC(=O)N=C2N. The third-order valence-corrected chi connectivity index (χ3v) is 4.04. The van der Waals surface area contributed by atoms with E-state index in [1.54, 1.807) is 11.8 Å². The van der Waals surface area contributed by atoms with Crippen LogP contribution in [0.15, 0.2) is 4.99 Å². The highest BCUT2D eigenvalue weighted by molar-refractivity contribution is 8.00. The van der Waals surface area contributed by atoms with E-state index in [1.807, 2.05) is 6.92 Å².